The van der Waals surface area contributed by atoms with E-state index in [0.29, 0.717) is 5.56 Å². The molecule has 5 heteroatoms. The number of anilines is 1. The molecule has 0 fully saturated rings. The Bertz CT molecular complexity index is 672. The number of para-hydroxylation sites is 2. The molecule has 1 aromatic carbocycles. The molecule has 0 aliphatic carbocycles. The van der Waals surface area contributed by atoms with Crippen molar-refractivity contribution in [1.82, 2.24) is 4.57 Å². The smallest absolute Gasteiger partial charge is 0.352 e. The van der Waals surface area contributed by atoms with Crippen molar-refractivity contribution < 1.29 is 14.7 Å². The summed E-state index contributed by atoms with van der Waals surface area (Å²) in [6.07, 6.45) is 1.56. The largest absolute Gasteiger partial charge is 0.477 e. The molecular formula is C15H16N2O3. The Kier molecular flexibility index (Phi) is 3.61. The van der Waals surface area contributed by atoms with Gasteiger partial charge in [-0.25, -0.2) is 4.79 Å². The lowest BCUT2D eigenvalue weighted by Crippen LogP contribution is -2.14. The minimum atomic E-state index is -1.06. The lowest BCUT2D eigenvalue weighted by atomic mass is 10.2. The first kappa shape index (κ1) is 13.9. The Hall–Kier alpha value is -2.56. The van der Waals surface area contributed by atoms with Crippen molar-refractivity contribution in [1.29, 1.82) is 0 Å². The van der Waals surface area contributed by atoms with E-state index in [9.17, 15) is 14.7 Å². The monoisotopic (exact) mass is 272 g/mol. The minimum absolute atomic E-state index is 0.0736. The number of aromatic carboxylic acids is 1. The van der Waals surface area contributed by atoms with E-state index in [1.165, 1.54) is 17.6 Å². The number of carboxylic acids is 1. The van der Waals surface area contributed by atoms with Crippen LogP contribution in [-0.4, -0.2) is 35.5 Å². The van der Waals surface area contributed by atoms with Gasteiger partial charge in [-0.3, -0.25) is 4.79 Å². The van der Waals surface area contributed by atoms with Crippen molar-refractivity contribution in [2.24, 2.45) is 0 Å². The van der Waals surface area contributed by atoms with E-state index in [-0.39, 0.29) is 11.5 Å². The SMILES string of the molecule is CC(=O)c1cc(C(=O)O)n(-c2ccccc2N(C)C)c1. The maximum Gasteiger partial charge on any atom is 0.352 e. The lowest BCUT2D eigenvalue weighted by molar-refractivity contribution is 0.0688. The summed E-state index contributed by atoms with van der Waals surface area (Å²) in [4.78, 5) is 24.7. The van der Waals surface area contributed by atoms with Gasteiger partial charge in [0, 0.05) is 25.9 Å². The Labute approximate surface area is 117 Å². The van der Waals surface area contributed by atoms with Crippen molar-refractivity contribution in [3.8, 4) is 5.69 Å². The summed E-state index contributed by atoms with van der Waals surface area (Å²) in [5, 5.41) is 9.31. The third-order valence-electron chi connectivity index (χ3n) is 3.07. The normalized spacial score (nSPS) is 10.3. The molecule has 0 aliphatic rings. The van der Waals surface area contributed by atoms with Crippen LogP contribution < -0.4 is 4.90 Å². The number of ketones is 1. The van der Waals surface area contributed by atoms with Crippen molar-refractivity contribution in [3.63, 3.8) is 0 Å². The van der Waals surface area contributed by atoms with Crippen molar-refractivity contribution in [2.75, 3.05) is 19.0 Å². The number of carboxylic acid groups (broad SMARTS) is 1. The van der Waals surface area contributed by atoms with E-state index >= 15 is 0 Å². The zero-order chi connectivity index (χ0) is 14.9. The molecule has 104 valence electrons. The second-order valence-corrected chi connectivity index (χ2v) is 4.73. The van der Waals surface area contributed by atoms with Gasteiger partial charge in [0.1, 0.15) is 5.69 Å². The quantitative estimate of drug-likeness (QED) is 0.868. The van der Waals surface area contributed by atoms with Crippen LogP contribution in [0.3, 0.4) is 0 Å². The van der Waals surface area contributed by atoms with Crippen LogP contribution in [0.4, 0.5) is 5.69 Å². The van der Waals surface area contributed by atoms with Gasteiger partial charge in [-0.15, -0.1) is 0 Å². The average Bonchev–Trinajstić information content (AvgIpc) is 2.83. The number of hydrogen-bond donors (Lipinski definition) is 1. The Balaban J connectivity index is 2.69. The highest BCUT2D eigenvalue weighted by molar-refractivity contribution is 5.98. The summed E-state index contributed by atoms with van der Waals surface area (Å²) in [6.45, 7) is 1.42. The van der Waals surface area contributed by atoms with E-state index in [2.05, 4.69) is 0 Å². The lowest BCUT2D eigenvalue weighted by Gasteiger charge is -2.18. The molecule has 1 aromatic heterocycles. The molecule has 0 spiro atoms. The number of carbonyl (C=O) groups is 2. The summed E-state index contributed by atoms with van der Waals surface area (Å²) >= 11 is 0. The van der Waals surface area contributed by atoms with Gasteiger partial charge in [0.15, 0.2) is 5.78 Å². The van der Waals surface area contributed by atoms with Crippen LogP contribution >= 0.6 is 0 Å². The standard InChI is InChI=1S/C15H16N2O3/c1-10(18)11-8-14(15(19)20)17(9-11)13-7-5-4-6-12(13)16(2)3/h4-9H,1-3H3,(H,19,20). The summed E-state index contributed by atoms with van der Waals surface area (Å²) in [6, 6.07) is 8.84. The molecule has 2 rings (SSSR count). The van der Waals surface area contributed by atoms with E-state index in [4.69, 9.17) is 0 Å². The van der Waals surface area contributed by atoms with Gasteiger partial charge in [0.25, 0.3) is 0 Å². The summed E-state index contributed by atoms with van der Waals surface area (Å²) < 4.78 is 1.54. The highest BCUT2D eigenvalue weighted by Gasteiger charge is 2.18. The number of benzene rings is 1. The molecular weight excluding hydrogens is 256 g/mol. The van der Waals surface area contributed by atoms with E-state index < -0.39 is 5.97 Å². The first-order valence-corrected chi connectivity index (χ1v) is 6.15. The van der Waals surface area contributed by atoms with Gasteiger partial charge in [-0.2, -0.15) is 0 Å². The summed E-state index contributed by atoms with van der Waals surface area (Å²) in [7, 11) is 3.77. The molecule has 0 bridgehead atoms. The third kappa shape index (κ3) is 2.42. The highest BCUT2D eigenvalue weighted by atomic mass is 16.4. The molecule has 20 heavy (non-hydrogen) atoms. The van der Waals surface area contributed by atoms with E-state index in [1.807, 2.05) is 43.3 Å². The van der Waals surface area contributed by atoms with Crippen LogP contribution in [0.1, 0.15) is 27.8 Å². The highest BCUT2D eigenvalue weighted by Crippen LogP contribution is 2.25. The predicted octanol–water partition coefficient (Wildman–Crippen LogP) is 2.44. The number of aromatic nitrogens is 1. The summed E-state index contributed by atoms with van der Waals surface area (Å²) in [5.41, 5.74) is 2.06. The fourth-order valence-corrected chi connectivity index (χ4v) is 2.07. The molecule has 0 radical (unpaired) electrons. The Morgan fingerprint density at radius 2 is 1.85 bits per heavy atom. The van der Waals surface area contributed by atoms with Gasteiger partial charge < -0.3 is 14.6 Å². The van der Waals surface area contributed by atoms with Crippen molar-refractivity contribution in [2.45, 2.75) is 6.92 Å². The van der Waals surface area contributed by atoms with E-state index in [0.717, 1.165) is 11.4 Å². The molecule has 0 atom stereocenters. The first-order chi connectivity index (χ1) is 9.41. The number of carbonyl (C=O) groups excluding carboxylic acids is 1. The van der Waals surface area contributed by atoms with Crippen LogP contribution in [0, 0.1) is 0 Å². The molecule has 2 aromatic rings. The second kappa shape index (κ2) is 5.21. The predicted molar refractivity (Wildman–Crippen MR) is 77.1 cm³/mol. The molecule has 0 saturated carbocycles. The molecule has 5 nitrogen and oxygen atoms in total. The Morgan fingerprint density at radius 3 is 2.40 bits per heavy atom. The van der Waals surface area contributed by atoms with Crippen LogP contribution in [-0.2, 0) is 0 Å². The van der Waals surface area contributed by atoms with Crippen LogP contribution in [0.25, 0.3) is 5.69 Å². The average molecular weight is 272 g/mol. The van der Waals surface area contributed by atoms with Gasteiger partial charge >= 0.3 is 5.97 Å². The zero-order valence-electron chi connectivity index (χ0n) is 11.6. The van der Waals surface area contributed by atoms with Gasteiger partial charge in [0.05, 0.1) is 11.4 Å². The maximum atomic E-state index is 11.5. The van der Waals surface area contributed by atoms with Crippen molar-refractivity contribution >= 4 is 17.4 Å². The molecule has 0 aliphatic heterocycles. The second-order valence-electron chi connectivity index (χ2n) is 4.73. The van der Waals surface area contributed by atoms with Gasteiger partial charge in [-0.05, 0) is 25.1 Å². The molecule has 0 unspecified atom stereocenters. The molecule has 0 amide bonds. The minimum Gasteiger partial charge on any atom is -0.477 e. The zero-order valence-corrected chi connectivity index (χ0v) is 11.6. The summed E-state index contributed by atoms with van der Waals surface area (Å²) in [5.74, 6) is -1.22. The Morgan fingerprint density at radius 1 is 1.20 bits per heavy atom. The topological polar surface area (TPSA) is 62.5 Å². The van der Waals surface area contributed by atoms with Crippen LogP contribution in [0.5, 0.6) is 0 Å². The third-order valence-corrected chi connectivity index (χ3v) is 3.07. The number of nitrogens with zero attached hydrogens (tertiary/aromatic N) is 2. The van der Waals surface area contributed by atoms with Crippen molar-refractivity contribution in [3.05, 3.63) is 47.8 Å². The van der Waals surface area contributed by atoms with Gasteiger partial charge in [-0.1, -0.05) is 12.1 Å². The molecule has 1 heterocycles. The first-order valence-electron chi connectivity index (χ1n) is 6.15. The van der Waals surface area contributed by atoms with Crippen LogP contribution in [0.2, 0.25) is 0 Å². The number of hydrogen-bond acceptors (Lipinski definition) is 3. The number of rotatable bonds is 4. The maximum absolute atomic E-state index is 11.5. The van der Waals surface area contributed by atoms with Crippen LogP contribution in [0.15, 0.2) is 36.5 Å². The molecule has 0 saturated heterocycles. The number of Topliss-reactive ketones (excluding diaryl/α,β-unsaturated/α-hetero) is 1. The fourth-order valence-electron chi connectivity index (χ4n) is 2.07. The molecule has 1 N–H and O–H groups in total. The van der Waals surface area contributed by atoms with Gasteiger partial charge in [0.2, 0.25) is 0 Å². The fraction of sp³-hybridized carbons (Fsp3) is 0.200. The van der Waals surface area contributed by atoms with E-state index in [1.54, 1.807) is 6.20 Å².